The summed E-state index contributed by atoms with van der Waals surface area (Å²) in [6, 6.07) is 19.4. The molecule has 8 nitrogen and oxygen atoms in total. The third-order valence-corrected chi connectivity index (χ3v) is 4.95. The molecule has 4 aromatic rings. The average molecular weight is 441 g/mol. The Morgan fingerprint density at radius 1 is 0.909 bits per heavy atom. The number of hydrogen-bond acceptors (Lipinski definition) is 5. The lowest BCUT2D eigenvalue weighted by Gasteiger charge is -2.07. The van der Waals surface area contributed by atoms with Gasteiger partial charge in [0, 0.05) is 42.8 Å². The van der Waals surface area contributed by atoms with Crippen molar-refractivity contribution in [2.24, 2.45) is 0 Å². The van der Waals surface area contributed by atoms with Crippen LogP contribution in [-0.4, -0.2) is 44.8 Å². The van der Waals surface area contributed by atoms with E-state index in [9.17, 15) is 14.7 Å². The number of rotatable bonds is 8. The van der Waals surface area contributed by atoms with Crippen LogP contribution in [0.4, 0.5) is 0 Å². The number of amides is 2. The molecule has 0 saturated heterocycles. The van der Waals surface area contributed by atoms with E-state index in [1.807, 2.05) is 36.4 Å². The zero-order valence-corrected chi connectivity index (χ0v) is 17.8. The van der Waals surface area contributed by atoms with E-state index in [-0.39, 0.29) is 17.6 Å². The Labute approximate surface area is 190 Å². The Kier molecular flexibility index (Phi) is 6.75. The number of aromatic hydroxyl groups is 1. The van der Waals surface area contributed by atoms with Crippen LogP contribution in [0.15, 0.2) is 85.3 Å². The van der Waals surface area contributed by atoms with Crippen LogP contribution in [0.2, 0.25) is 0 Å². The van der Waals surface area contributed by atoms with Crippen molar-refractivity contribution in [3.8, 4) is 22.7 Å². The number of benzene rings is 2. The summed E-state index contributed by atoms with van der Waals surface area (Å²) in [5.74, 6) is -0.494. The van der Waals surface area contributed by atoms with Crippen molar-refractivity contribution in [3.63, 3.8) is 0 Å². The number of phenols is 1. The van der Waals surface area contributed by atoms with Crippen molar-refractivity contribution in [1.82, 2.24) is 25.4 Å². The molecule has 0 unspecified atom stereocenters. The lowest BCUT2D eigenvalue weighted by molar-refractivity contribution is 0.0951. The van der Waals surface area contributed by atoms with Crippen molar-refractivity contribution in [2.45, 2.75) is 6.42 Å². The predicted octanol–water partition coefficient (Wildman–Crippen LogP) is 3.19. The van der Waals surface area contributed by atoms with Gasteiger partial charge in [0.1, 0.15) is 11.4 Å². The number of nitrogens with one attached hydrogen (secondary N) is 2. The Hall–Kier alpha value is -4.46. The number of para-hydroxylation sites is 1. The van der Waals surface area contributed by atoms with Crippen molar-refractivity contribution >= 4 is 11.8 Å². The van der Waals surface area contributed by atoms with E-state index in [0.717, 1.165) is 11.3 Å². The molecule has 33 heavy (non-hydrogen) atoms. The zero-order valence-electron chi connectivity index (χ0n) is 17.8. The molecule has 2 aromatic carbocycles. The lowest BCUT2D eigenvalue weighted by atomic mass is 10.1. The minimum absolute atomic E-state index is 0.0374. The van der Waals surface area contributed by atoms with Crippen molar-refractivity contribution in [3.05, 3.63) is 96.4 Å². The highest BCUT2D eigenvalue weighted by molar-refractivity contribution is 5.99. The standard InChI is InChI=1S/C25H23N5O3/c31-21-11-4-7-18(15-21)24(32)27-13-6-14-28-25(33)22-17-30(20-9-2-1-3-10-20)29-23(22)19-8-5-12-26-16-19/h1-5,7-12,15-17,31H,6,13-14H2,(H,27,32)(H,28,33). The molecule has 4 rings (SSSR count). The van der Waals surface area contributed by atoms with E-state index in [2.05, 4.69) is 20.7 Å². The van der Waals surface area contributed by atoms with Crippen LogP contribution in [0.3, 0.4) is 0 Å². The monoisotopic (exact) mass is 441 g/mol. The van der Waals surface area contributed by atoms with Crippen molar-refractivity contribution < 1.29 is 14.7 Å². The lowest BCUT2D eigenvalue weighted by Crippen LogP contribution is -2.30. The number of pyridine rings is 1. The topological polar surface area (TPSA) is 109 Å². The molecule has 0 atom stereocenters. The van der Waals surface area contributed by atoms with Gasteiger partial charge in [-0.1, -0.05) is 24.3 Å². The second-order valence-corrected chi connectivity index (χ2v) is 7.33. The van der Waals surface area contributed by atoms with Gasteiger partial charge in [-0.15, -0.1) is 0 Å². The molecule has 0 aliphatic rings. The molecule has 0 saturated carbocycles. The Balaban J connectivity index is 1.39. The van der Waals surface area contributed by atoms with Crippen molar-refractivity contribution in [1.29, 1.82) is 0 Å². The first-order valence-corrected chi connectivity index (χ1v) is 10.5. The maximum Gasteiger partial charge on any atom is 0.255 e. The summed E-state index contributed by atoms with van der Waals surface area (Å²) < 4.78 is 1.67. The number of nitrogens with zero attached hydrogens (tertiary/aromatic N) is 3. The first-order valence-electron chi connectivity index (χ1n) is 10.5. The van der Waals surface area contributed by atoms with Gasteiger partial charge < -0.3 is 15.7 Å². The van der Waals surface area contributed by atoms with E-state index >= 15 is 0 Å². The third kappa shape index (κ3) is 5.43. The molecule has 166 valence electrons. The molecule has 3 N–H and O–H groups in total. The van der Waals surface area contributed by atoms with Gasteiger partial charge in [-0.25, -0.2) is 4.68 Å². The molecule has 0 fully saturated rings. The van der Waals surface area contributed by atoms with E-state index in [1.165, 1.54) is 12.1 Å². The second-order valence-electron chi connectivity index (χ2n) is 7.33. The highest BCUT2D eigenvalue weighted by Gasteiger charge is 2.18. The SMILES string of the molecule is O=C(NCCCNC(=O)c1cn(-c2ccccc2)nc1-c1cccnc1)c1cccc(O)c1. The van der Waals surface area contributed by atoms with E-state index in [1.54, 1.807) is 41.5 Å². The molecular formula is C25H23N5O3. The number of hydrogen-bond donors (Lipinski definition) is 3. The molecule has 0 bridgehead atoms. The van der Waals surface area contributed by atoms with Gasteiger partial charge in [-0.05, 0) is 48.9 Å². The van der Waals surface area contributed by atoms with Gasteiger partial charge in [0.2, 0.25) is 0 Å². The van der Waals surface area contributed by atoms with Crippen LogP contribution >= 0.6 is 0 Å². The van der Waals surface area contributed by atoms with E-state index in [0.29, 0.717) is 36.3 Å². The van der Waals surface area contributed by atoms with Gasteiger partial charge in [0.25, 0.3) is 11.8 Å². The maximum absolute atomic E-state index is 12.9. The van der Waals surface area contributed by atoms with Crippen molar-refractivity contribution in [2.75, 3.05) is 13.1 Å². The first kappa shape index (κ1) is 21.8. The molecule has 0 spiro atoms. The predicted molar refractivity (Wildman–Crippen MR) is 124 cm³/mol. The average Bonchev–Trinajstić information content (AvgIpc) is 3.30. The number of carbonyl (C=O) groups excluding carboxylic acids is 2. The third-order valence-electron chi connectivity index (χ3n) is 4.95. The van der Waals surface area contributed by atoms with Gasteiger partial charge >= 0.3 is 0 Å². The first-order chi connectivity index (χ1) is 16.1. The van der Waals surface area contributed by atoms with Gasteiger partial charge in [-0.2, -0.15) is 5.10 Å². The molecule has 2 amide bonds. The summed E-state index contributed by atoms with van der Waals surface area (Å²) in [6.45, 7) is 0.760. The maximum atomic E-state index is 12.9. The molecule has 2 aromatic heterocycles. The summed E-state index contributed by atoms with van der Waals surface area (Å²) in [7, 11) is 0. The van der Waals surface area contributed by atoms with Crippen LogP contribution in [0.1, 0.15) is 27.1 Å². The Bertz CT molecular complexity index is 1240. The fraction of sp³-hybridized carbons (Fsp3) is 0.120. The largest absolute Gasteiger partial charge is 0.508 e. The Morgan fingerprint density at radius 2 is 1.70 bits per heavy atom. The van der Waals surface area contributed by atoms with Crippen LogP contribution in [0, 0.1) is 0 Å². The van der Waals surface area contributed by atoms with Gasteiger partial charge in [0.05, 0.1) is 11.3 Å². The molecule has 0 aliphatic carbocycles. The summed E-state index contributed by atoms with van der Waals surface area (Å²) in [6.07, 6.45) is 5.59. The van der Waals surface area contributed by atoms with Gasteiger partial charge in [0.15, 0.2) is 0 Å². The minimum Gasteiger partial charge on any atom is -0.508 e. The fourth-order valence-corrected chi connectivity index (χ4v) is 3.31. The molecule has 2 heterocycles. The summed E-state index contributed by atoms with van der Waals surface area (Å²) in [5, 5.41) is 19.8. The smallest absolute Gasteiger partial charge is 0.255 e. The summed E-state index contributed by atoms with van der Waals surface area (Å²) >= 11 is 0. The normalized spacial score (nSPS) is 10.5. The molecule has 0 radical (unpaired) electrons. The van der Waals surface area contributed by atoms with E-state index in [4.69, 9.17) is 0 Å². The Morgan fingerprint density at radius 3 is 2.42 bits per heavy atom. The van der Waals surface area contributed by atoms with Crippen LogP contribution < -0.4 is 10.6 Å². The molecule has 8 heteroatoms. The quantitative estimate of drug-likeness (QED) is 0.364. The summed E-state index contributed by atoms with van der Waals surface area (Å²) in [4.78, 5) is 29.2. The zero-order chi connectivity index (χ0) is 23.0. The molecular weight excluding hydrogens is 418 g/mol. The van der Waals surface area contributed by atoms with Crippen LogP contribution in [0.25, 0.3) is 16.9 Å². The van der Waals surface area contributed by atoms with E-state index < -0.39 is 0 Å². The van der Waals surface area contributed by atoms with Crippen LogP contribution in [0.5, 0.6) is 5.75 Å². The number of phenolic OH excluding ortho intramolecular Hbond substituents is 1. The second kappa shape index (κ2) is 10.2. The number of aromatic nitrogens is 3. The van der Waals surface area contributed by atoms with Crippen LogP contribution in [-0.2, 0) is 0 Å². The highest BCUT2D eigenvalue weighted by atomic mass is 16.3. The summed E-state index contributed by atoms with van der Waals surface area (Å²) in [5.41, 5.74) is 2.96. The number of carbonyl (C=O) groups is 2. The van der Waals surface area contributed by atoms with Gasteiger partial charge in [-0.3, -0.25) is 14.6 Å². The highest BCUT2D eigenvalue weighted by Crippen LogP contribution is 2.23. The fourth-order valence-electron chi connectivity index (χ4n) is 3.31. The molecule has 0 aliphatic heterocycles. The minimum atomic E-state index is -0.278.